The highest BCUT2D eigenvalue weighted by molar-refractivity contribution is 5.85. The Kier molecular flexibility index (Phi) is 7.72. The van der Waals surface area contributed by atoms with Gasteiger partial charge in [0, 0.05) is 26.2 Å². The highest BCUT2D eigenvalue weighted by Crippen LogP contribution is 2.06. The van der Waals surface area contributed by atoms with Crippen molar-refractivity contribution >= 4 is 18.3 Å². The first-order valence-corrected chi connectivity index (χ1v) is 5.83. The van der Waals surface area contributed by atoms with Gasteiger partial charge in [-0.1, -0.05) is 13.8 Å². The summed E-state index contributed by atoms with van der Waals surface area (Å²) in [7, 11) is 0. The fourth-order valence-electron chi connectivity index (χ4n) is 1.79. The molecule has 16 heavy (non-hydrogen) atoms. The molecule has 0 atom stereocenters. The van der Waals surface area contributed by atoms with Gasteiger partial charge in [0.1, 0.15) is 0 Å². The number of hydrogen-bond acceptors (Lipinski definition) is 3. The summed E-state index contributed by atoms with van der Waals surface area (Å²) in [6.07, 6.45) is 1.24. The number of rotatable bonds is 4. The van der Waals surface area contributed by atoms with Crippen molar-refractivity contribution in [3.8, 4) is 0 Å². The second kappa shape index (κ2) is 7.87. The molecular formula is C11H24ClN3O. The Morgan fingerprint density at radius 3 is 2.25 bits per heavy atom. The van der Waals surface area contributed by atoms with E-state index in [0.717, 1.165) is 38.6 Å². The molecule has 1 aliphatic rings. The summed E-state index contributed by atoms with van der Waals surface area (Å²) in [5.41, 5.74) is 5.33. The van der Waals surface area contributed by atoms with Crippen LogP contribution in [0.1, 0.15) is 20.3 Å². The number of nitrogens with two attached hydrogens (primary N) is 1. The van der Waals surface area contributed by atoms with Crippen LogP contribution >= 0.6 is 12.4 Å². The molecule has 0 aliphatic carbocycles. The zero-order valence-electron chi connectivity index (χ0n) is 10.3. The molecule has 0 unspecified atom stereocenters. The predicted molar refractivity (Wildman–Crippen MR) is 68.8 cm³/mol. The van der Waals surface area contributed by atoms with E-state index in [9.17, 15) is 4.79 Å². The third kappa shape index (κ3) is 5.14. The van der Waals surface area contributed by atoms with Crippen molar-refractivity contribution < 1.29 is 4.79 Å². The van der Waals surface area contributed by atoms with E-state index in [1.165, 1.54) is 6.42 Å². The molecular weight excluding hydrogens is 226 g/mol. The van der Waals surface area contributed by atoms with Gasteiger partial charge in [-0.3, -0.25) is 9.69 Å². The van der Waals surface area contributed by atoms with E-state index >= 15 is 0 Å². The molecule has 0 saturated carbocycles. The van der Waals surface area contributed by atoms with E-state index in [-0.39, 0.29) is 24.9 Å². The Hall–Kier alpha value is -0.320. The molecule has 1 heterocycles. The fraction of sp³-hybridized carbons (Fsp3) is 0.909. The van der Waals surface area contributed by atoms with Crippen LogP contribution in [0.25, 0.3) is 0 Å². The van der Waals surface area contributed by atoms with Crippen LogP contribution in [-0.2, 0) is 4.79 Å². The van der Waals surface area contributed by atoms with Crippen molar-refractivity contribution in [1.29, 1.82) is 0 Å². The molecule has 1 amide bonds. The van der Waals surface area contributed by atoms with Gasteiger partial charge in [0.2, 0.25) is 5.91 Å². The largest absolute Gasteiger partial charge is 0.339 e. The summed E-state index contributed by atoms with van der Waals surface area (Å²) >= 11 is 0. The topological polar surface area (TPSA) is 49.6 Å². The molecule has 5 heteroatoms. The summed E-state index contributed by atoms with van der Waals surface area (Å²) in [5.74, 6) is 0.840. The van der Waals surface area contributed by atoms with Gasteiger partial charge < -0.3 is 10.6 Å². The lowest BCUT2D eigenvalue weighted by atomic mass is 10.1. The minimum atomic E-state index is 0. The van der Waals surface area contributed by atoms with Gasteiger partial charge in [-0.25, -0.2) is 0 Å². The number of halogens is 1. The van der Waals surface area contributed by atoms with E-state index in [4.69, 9.17) is 5.73 Å². The van der Waals surface area contributed by atoms with Crippen molar-refractivity contribution in [1.82, 2.24) is 9.80 Å². The van der Waals surface area contributed by atoms with Crippen molar-refractivity contribution in [2.24, 2.45) is 11.7 Å². The maximum atomic E-state index is 11.3. The third-order valence-corrected chi connectivity index (χ3v) is 2.92. The van der Waals surface area contributed by atoms with E-state index < -0.39 is 0 Å². The summed E-state index contributed by atoms with van der Waals surface area (Å²) in [6.45, 7) is 9.47. The molecule has 96 valence electrons. The number of nitrogens with zero attached hydrogens (tertiary/aromatic N) is 2. The SMILES string of the molecule is CC(C)CCN1CCN(C(=O)CN)CC1.Cl. The second-order valence-corrected chi connectivity index (χ2v) is 4.61. The van der Waals surface area contributed by atoms with E-state index in [0.29, 0.717) is 0 Å². The lowest BCUT2D eigenvalue weighted by molar-refractivity contribution is -0.131. The van der Waals surface area contributed by atoms with Crippen LogP contribution in [0.3, 0.4) is 0 Å². The van der Waals surface area contributed by atoms with Crippen molar-refractivity contribution in [2.45, 2.75) is 20.3 Å². The highest BCUT2D eigenvalue weighted by Gasteiger charge is 2.19. The van der Waals surface area contributed by atoms with Gasteiger partial charge in [0.05, 0.1) is 6.54 Å². The van der Waals surface area contributed by atoms with Crippen LogP contribution in [0.2, 0.25) is 0 Å². The Bertz CT molecular complexity index is 203. The Balaban J connectivity index is 0.00000225. The van der Waals surface area contributed by atoms with Gasteiger partial charge in [0.15, 0.2) is 0 Å². The molecule has 2 N–H and O–H groups in total. The second-order valence-electron chi connectivity index (χ2n) is 4.61. The van der Waals surface area contributed by atoms with Gasteiger partial charge in [0.25, 0.3) is 0 Å². The summed E-state index contributed by atoms with van der Waals surface area (Å²) < 4.78 is 0. The maximum absolute atomic E-state index is 11.3. The standard InChI is InChI=1S/C11H23N3O.ClH/c1-10(2)3-4-13-5-7-14(8-6-13)11(15)9-12;/h10H,3-9,12H2,1-2H3;1H. The minimum Gasteiger partial charge on any atom is -0.339 e. The number of piperazine rings is 1. The summed E-state index contributed by atoms with van der Waals surface area (Å²) in [5, 5.41) is 0. The van der Waals surface area contributed by atoms with Gasteiger partial charge in [-0.05, 0) is 18.9 Å². The maximum Gasteiger partial charge on any atom is 0.236 e. The average molecular weight is 250 g/mol. The van der Waals surface area contributed by atoms with Crippen LogP contribution in [0.5, 0.6) is 0 Å². The van der Waals surface area contributed by atoms with Gasteiger partial charge in [-0.2, -0.15) is 0 Å². The third-order valence-electron chi connectivity index (χ3n) is 2.92. The lowest BCUT2D eigenvalue weighted by Gasteiger charge is -2.34. The Morgan fingerprint density at radius 2 is 1.81 bits per heavy atom. The smallest absolute Gasteiger partial charge is 0.236 e. The average Bonchev–Trinajstić information content (AvgIpc) is 2.26. The number of amides is 1. The lowest BCUT2D eigenvalue weighted by Crippen LogP contribution is -2.50. The quantitative estimate of drug-likeness (QED) is 0.792. The molecule has 0 aromatic rings. The molecule has 4 nitrogen and oxygen atoms in total. The molecule has 0 bridgehead atoms. The fourth-order valence-corrected chi connectivity index (χ4v) is 1.79. The van der Waals surface area contributed by atoms with E-state index in [2.05, 4.69) is 18.7 Å². The molecule has 1 aliphatic heterocycles. The number of carbonyl (C=O) groups excluding carboxylic acids is 1. The normalized spacial score (nSPS) is 17.4. The van der Waals surface area contributed by atoms with Crippen molar-refractivity contribution in [3.05, 3.63) is 0 Å². The number of carbonyl (C=O) groups is 1. The van der Waals surface area contributed by atoms with Crippen LogP contribution in [0, 0.1) is 5.92 Å². The van der Waals surface area contributed by atoms with Crippen molar-refractivity contribution in [3.63, 3.8) is 0 Å². The molecule has 1 fully saturated rings. The van der Waals surface area contributed by atoms with Crippen molar-refractivity contribution in [2.75, 3.05) is 39.3 Å². The molecule has 1 saturated heterocycles. The van der Waals surface area contributed by atoms with E-state index in [1.807, 2.05) is 4.90 Å². The van der Waals surface area contributed by atoms with Crippen LogP contribution in [0.4, 0.5) is 0 Å². The molecule has 0 aromatic heterocycles. The molecule has 1 rings (SSSR count). The van der Waals surface area contributed by atoms with Crippen LogP contribution in [-0.4, -0.2) is 55.0 Å². The van der Waals surface area contributed by atoms with Crippen LogP contribution in [0.15, 0.2) is 0 Å². The summed E-state index contributed by atoms with van der Waals surface area (Å²) in [4.78, 5) is 15.6. The monoisotopic (exact) mass is 249 g/mol. The van der Waals surface area contributed by atoms with Gasteiger partial charge >= 0.3 is 0 Å². The molecule has 0 aromatic carbocycles. The molecule has 0 radical (unpaired) electrons. The zero-order chi connectivity index (χ0) is 11.3. The Labute approximate surface area is 105 Å². The first-order chi connectivity index (χ1) is 7.13. The first kappa shape index (κ1) is 15.7. The predicted octanol–water partition coefficient (Wildman–Crippen LogP) is 0.557. The Morgan fingerprint density at radius 1 is 1.25 bits per heavy atom. The van der Waals surface area contributed by atoms with Gasteiger partial charge in [-0.15, -0.1) is 12.4 Å². The first-order valence-electron chi connectivity index (χ1n) is 5.83. The molecule has 0 spiro atoms. The highest BCUT2D eigenvalue weighted by atomic mass is 35.5. The zero-order valence-corrected chi connectivity index (χ0v) is 11.1. The minimum absolute atomic E-state index is 0. The van der Waals surface area contributed by atoms with E-state index in [1.54, 1.807) is 0 Å². The summed E-state index contributed by atoms with van der Waals surface area (Å²) in [6, 6.07) is 0. The number of hydrogen-bond donors (Lipinski definition) is 1. The van der Waals surface area contributed by atoms with Crippen LogP contribution < -0.4 is 5.73 Å².